The standard InChI is InChI=1S/C6H8N4/c1-4-9-3-5(2-7)6(8)10-4/h3,8H2,1H3,(H,9,10). The normalized spacial score (nSPS) is 17.4. The smallest absolute Gasteiger partial charge is 0.117 e. The molecule has 0 aliphatic carbocycles. The van der Waals surface area contributed by atoms with E-state index in [1.807, 2.05) is 6.07 Å². The van der Waals surface area contributed by atoms with Gasteiger partial charge in [-0.2, -0.15) is 5.26 Å². The Hall–Kier alpha value is -1.50. The van der Waals surface area contributed by atoms with Crippen LogP contribution in [0.2, 0.25) is 0 Å². The van der Waals surface area contributed by atoms with Crippen molar-refractivity contribution in [2.75, 3.05) is 6.54 Å². The van der Waals surface area contributed by atoms with Crippen molar-refractivity contribution < 1.29 is 0 Å². The van der Waals surface area contributed by atoms with Gasteiger partial charge in [-0.3, -0.25) is 4.99 Å². The van der Waals surface area contributed by atoms with Crippen LogP contribution in [0, 0.1) is 11.3 Å². The first-order chi connectivity index (χ1) is 4.74. The van der Waals surface area contributed by atoms with Gasteiger partial charge < -0.3 is 11.1 Å². The highest BCUT2D eigenvalue weighted by molar-refractivity contribution is 5.82. The summed E-state index contributed by atoms with van der Waals surface area (Å²) in [5.41, 5.74) is 5.95. The van der Waals surface area contributed by atoms with Crippen LogP contribution >= 0.6 is 0 Å². The number of nitrogens with one attached hydrogen (secondary N) is 1. The molecule has 1 rings (SSSR count). The van der Waals surface area contributed by atoms with E-state index in [1.54, 1.807) is 6.92 Å². The summed E-state index contributed by atoms with van der Waals surface area (Å²) < 4.78 is 0. The molecule has 0 bridgehead atoms. The van der Waals surface area contributed by atoms with Crippen LogP contribution < -0.4 is 11.1 Å². The highest BCUT2D eigenvalue weighted by Crippen LogP contribution is 2.00. The van der Waals surface area contributed by atoms with Crippen LogP contribution in [-0.2, 0) is 0 Å². The van der Waals surface area contributed by atoms with Gasteiger partial charge in [0.25, 0.3) is 0 Å². The van der Waals surface area contributed by atoms with E-state index in [2.05, 4.69) is 10.3 Å². The van der Waals surface area contributed by atoms with E-state index in [1.165, 1.54) is 0 Å². The molecule has 1 heterocycles. The predicted octanol–water partition coefficient (Wildman–Crippen LogP) is -0.298. The van der Waals surface area contributed by atoms with Crippen molar-refractivity contribution in [3.63, 3.8) is 0 Å². The van der Waals surface area contributed by atoms with Gasteiger partial charge in [-0.15, -0.1) is 0 Å². The lowest BCUT2D eigenvalue weighted by Crippen LogP contribution is -2.30. The molecule has 1 aliphatic heterocycles. The summed E-state index contributed by atoms with van der Waals surface area (Å²) in [5.74, 6) is 1.19. The third-order valence-corrected chi connectivity index (χ3v) is 1.25. The first-order valence-corrected chi connectivity index (χ1v) is 2.91. The first-order valence-electron chi connectivity index (χ1n) is 2.91. The van der Waals surface area contributed by atoms with Crippen molar-refractivity contribution in [2.24, 2.45) is 10.7 Å². The Bertz CT molecular complexity index is 243. The Morgan fingerprint density at radius 2 is 2.50 bits per heavy atom. The molecular formula is C6H8N4. The van der Waals surface area contributed by atoms with Crippen LogP contribution in [0.5, 0.6) is 0 Å². The van der Waals surface area contributed by atoms with Crippen molar-refractivity contribution in [1.82, 2.24) is 5.32 Å². The van der Waals surface area contributed by atoms with Gasteiger partial charge in [-0.25, -0.2) is 0 Å². The van der Waals surface area contributed by atoms with E-state index in [9.17, 15) is 0 Å². The Kier molecular flexibility index (Phi) is 1.59. The summed E-state index contributed by atoms with van der Waals surface area (Å²) in [7, 11) is 0. The maximum atomic E-state index is 8.45. The fraction of sp³-hybridized carbons (Fsp3) is 0.333. The second-order valence-corrected chi connectivity index (χ2v) is 2.03. The number of aliphatic imine (C=N–C) groups is 1. The van der Waals surface area contributed by atoms with Gasteiger partial charge in [-0.05, 0) is 6.92 Å². The minimum Gasteiger partial charge on any atom is -0.384 e. The van der Waals surface area contributed by atoms with E-state index in [-0.39, 0.29) is 0 Å². The molecule has 1 aliphatic rings. The van der Waals surface area contributed by atoms with Crippen molar-refractivity contribution in [3.8, 4) is 6.07 Å². The molecule has 0 atom stereocenters. The minimum absolute atomic E-state index is 0.404. The Morgan fingerprint density at radius 3 is 3.00 bits per heavy atom. The van der Waals surface area contributed by atoms with E-state index in [4.69, 9.17) is 11.0 Å². The highest BCUT2D eigenvalue weighted by Gasteiger charge is 2.07. The zero-order valence-corrected chi connectivity index (χ0v) is 5.68. The van der Waals surface area contributed by atoms with Crippen LogP contribution in [0.15, 0.2) is 16.4 Å². The summed E-state index contributed by atoms with van der Waals surface area (Å²) in [6.45, 7) is 2.21. The lowest BCUT2D eigenvalue weighted by atomic mass is 10.2. The van der Waals surface area contributed by atoms with Gasteiger partial charge in [-0.1, -0.05) is 0 Å². The number of nitrogens with two attached hydrogens (primary N) is 1. The maximum Gasteiger partial charge on any atom is 0.117 e. The number of nitrogens with zero attached hydrogens (tertiary/aromatic N) is 2. The summed E-state index contributed by atoms with van der Waals surface area (Å²) in [6, 6.07) is 1.96. The summed E-state index contributed by atoms with van der Waals surface area (Å²) in [4.78, 5) is 3.98. The van der Waals surface area contributed by atoms with Gasteiger partial charge >= 0.3 is 0 Å². The fourth-order valence-electron chi connectivity index (χ4n) is 0.688. The Labute approximate surface area is 59.0 Å². The molecule has 0 unspecified atom stereocenters. The molecule has 52 valence electrons. The third kappa shape index (κ3) is 1.08. The van der Waals surface area contributed by atoms with Crippen molar-refractivity contribution >= 4 is 5.84 Å². The number of amidine groups is 1. The minimum atomic E-state index is 0.404. The molecule has 0 aromatic rings. The monoisotopic (exact) mass is 136 g/mol. The molecule has 0 aromatic carbocycles. The number of nitriles is 1. The molecule has 4 heteroatoms. The summed E-state index contributed by atoms with van der Waals surface area (Å²) in [6.07, 6.45) is 0. The molecule has 3 N–H and O–H groups in total. The summed E-state index contributed by atoms with van der Waals surface area (Å²) in [5, 5.41) is 11.2. The van der Waals surface area contributed by atoms with Gasteiger partial charge in [0.2, 0.25) is 0 Å². The molecular weight excluding hydrogens is 128 g/mol. The first kappa shape index (κ1) is 6.62. The van der Waals surface area contributed by atoms with Crippen LogP contribution in [0.25, 0.3) is 0 Å². The molecule has 0 aromatic heterocycles. The Morgan fingerprint density at radius 1 is 1.80 bits per heavy atom. The van der Waals surface area contributed by atoms with E-state index in [0.717, 1.165) is 5.84 Å². The van der Waals surface area contributed by atoms with Crippen LogP contribution in [0.3, 0.4) is 0 Å². The number of hydrogen-bond acceptors (Lipinski definition) is 4. The van der Waals surface area contributed by atoms with Gasteiger partial charge in [0.15, 0.2) is 0 Å². The predicted molar refractivity (Wildman–Crippen MR) is 37.9 cm³/mol. The zero-order chi connectivity index (χ0) is 7.56. The molecule has 0 fully saturated rings. The lowest BCUT2D eigenvalue weighted by molar-refractivity contribution is 0.953. The molecule has 0 saturated heterocycles. The molecule has 4 nitrogen and oxygen atoms in total. The van der Waals surface area contributed by atoms with E-state index in [0.29, 0.717) is 17.9 Å². The van der Waals surface area contributed by atoms with Gasteiger partial charge in [0.05, 0.1) is 18.0 Å². The molecule has 0 radical (unpaired) electrons. The molecule has 0 spiro atoms. The van der Waals surface area contributed by atoms with E-state index < -0.39 is 0 Å². The van der Waals surface area contributed by atoms with E-state index >= 15 is 0 Å². The van der Waals surface area contributed by atoms with Crippen molar-refractivity contribution in [1.29, 1.82) is 5.26 Å². The SMILES string of the molecule is CC1=NCC(C#N)=C(N)N1. The van der Waals surface area contributed by atoms with Crippen LogP contribution in [0.4, 0.5) is 0 Å². The lowest BCUT2D eigenvalue weighted by Gasteiger charge is -2.11. The van der Waals surface area contributed by atoms with Crippen LogP contribution in [0.1, 0.15) is 6.92 Å². The zero-order valence-electron chi connectivity index (χ0n) is 5.68. The maximum absolute atomic E-state index is 8.45. The largest absolute Gasteiger partial charge is 0.384 e. The molecule has 0 amide bonds. The highest BCUT2D eigenvalue weighted by atomic mass is 15.1. The fourth-order valence-corrected chi connectivity index (χ4v) is 0.688. The second kappa shape index (κ2) is 2.40. The summed E-state index contributed by atoms with van der Waals surface area (Å²) >= 11 is 0. The topological polar surface area (TPSA) is 74.2 Å². The van der Waals surface area contributed by atoms with Gasteiger partial charge in [0, 0.05) is 0 Å². The van der Waals surface area contributed by atoms with Crippen molar-refractivity contribution in [2.45, 2.75) is 6.92 Å². The Balaban J connectivity index is 2.80. The van der Waals surface area contributed by atoms with Gasteiger partial charge in [0.1, 0.15) is 11.9 Å². The second-order valence-electron chi connectivity index (χ2n) is 2.03. The molecule has 0 saturated carbocycles. The van der Waals surface area contributed by atoms with Crippen molar-refractivity contribution in [3.05, 3.63) is 11.4 Å². The molecule has 10 heavy (non-hydrogen) atoms. The number of hydrogen-bond donors (Lipinski definition) is 2. The third-order valence-electron chi connectivity index (χ3n) is 1.25. The average Bonchev–Trinajstić information content (AvgIpc) is 1.88. The average molecular weight is 136 g/mol. The quantitative estimate of drug-likeness (QED) is 0.480. The number of rotatable bonds is 0. The van der Waals surface area contributed by atoms with Crippen LogP contribution in [-0.4, -0.2) is 12.4 Å².